The number of likely N-dealkylation sites (tertiary alicyclic amines) is 1. The smallest absolute Gasteiger partial charge is 0.407 e. The molecule has 35 heavy (non-hydrogen) atoms. The lowest BCUT2D eigenvalue weighted by Crippen LogP contribution is -2.49. The topological polar surface area (TPSA) is 125 Å². The third-order valence-corrected chi connectivity index (χ3v) is 6.72. The van der Waals surface area contributed by atoms with Crippen LogP contribution in [-0.4, -0.2) is 63.7 Å². The Balaban J connectivity index is 1.23. The van der Waals surface area contributed by atoms with Gasteiger partial charge in [-0.3, -0.25) is 9.59 Å². The number of rotatable bonds is 7. The summed E-state index contributed by atoms with van der Waals surface area (Å²) in [5.74, 6) is -0.901. The van der Waals surface area contributed by atoms with Gasteiger partial charge < -0.3 is 25.0 Å². The van der Waals surface area contributed by atoms with Gasteiger partial charge in [0.15, 0.2) is 0 Å². The highest BCUT2D eigenvalue weighted by Gasteiger charge is 2.35. The van der Waals surface area contributed by atoms with E-state index in [-0.39, 0.29) is 18.4 Å². The van der Waals surface area contributed by atoms with Crippen molar-refractivity contribution >= 4 is 18.0 Å². The third-order valence-electron chi connectivity index (χ3n) is 6.72. The van der Waals surface area contributed by atoms with Crippen LogP contribution in [-0.2, 0) is 14.3 Å². The Labute approximate surface area is 202 Å². The molecular formula is C26H26N4O5. The molecule has 1 saturated heterocycles. The van der Waals surface area contributed by atoms with E-state index in [9.17, 15) is 19.5 Å². The van der Waals surface area contributed by atoms with Crippen molar-refractivity contribution < 1.29 is 24.2 Å². The van der Waals surface area contributed by atoms with Crippen molar-refractivity contribution in [3.63, 3.8) is 0 Å². The van der Waals surface area contributed by atoms with Gasteiger partial charge in [0.1, 0.15) is 18.5 Å². The molecule has 3 N–H and O–H groups in total. The van der Waals surface area contributed by atoms with E-state index in [0.717, 1.165) is 28.1 Å². The molecule has 0 spiro atoms. The molecule has 3 aromatic rings. The van der Waals surface area contributed by atoms with Crippen LogP contribution in [0.1, 0.15) is 41.6 Å². The largest absolute Gasteiger partial charge is 0.481 e. The minimum absolute atomic E-state index is 0.0499. The Bertz CT molecular complexity index is 1200. The number of nitrogens with zero attached hydrogens (tertiary/aromatic N) is 2. The second-order valence-electron chi connectivity index (χ2n) is 8.86. The summed E-state index contributed by atoms with van der Waals surface area (Å²) < 4.78 is 5.52. The number of aliphatic carboxylic acids is 1. The number of carbonyl (C=O) groups excluding carboxylic acids is 2. The zero-order valence-electron chi connectivity index (χ0n) is 19.0. The predicted octanol–water partition coefficient (Wildman–Crippen LogP) is 3.11. The zero-order valence-corrected chi connectivity index (χ0v) is 19.0. The van der Waals surface area contributed by atoms with E-state index in [1.54, 1.807) is 17.3 Å². The van der Waals surface area contributed by atoms with Gasteiger partial charge in [-0.2, -0.15) is 0 Å². The molecule has 180 valence electrons. The lowest BCUT2D eigenvalue weighted by Gasteiger charge is -2.23. The lowest BCUT2D eigenvalue weighted by atomic mass is 9.98. The number of fused-ring (bicyclic) bond motifs is 3. The number of carbonyl (C=O) groups is 3. The van der Waals surface area contributed by atoms with E-state index in [2.05, 4.69) is 15.3 Å². The van der Waals surface area contributed by atoms with Crippen molar-refractivity contribution in [2.45, 2.75) is 30.7 Å². The van der Waals surface area contributed by atoms with Crippen LogP contribution >= 0.6 is 0 Å². The van der Waals surface area contributed by atoms with Crippen molar-refractivity contribution in [3.05, 3.63) is 77.9 Å². The third kappa shape index (κ3) is 4.62. The summed E-state index contributed by atoms with van der Waals surface area (Å²) in [4.78, 5) is 46.1. The minimum Gasteiger partial charge on any atom is -0.481 e. The fourth-order valence-corrected chi connectivity index (χ4v) is 5.06. The molecule has 2 aliphatic rings. The van der Waals surface area contributed by atoms with Gasteiger partial charge in [-0.15, -0.1) is 0 Å². The molecule has 2 atom stereocenters. The van der Waals surface area contributed by atoms with Crippen LogP contribution in [0.25, 0.3) is 11.1 Å². The van der Waals surface area contributed by atoms with Gasteiger partial charge in [0.05, 0.1) is 6.42 Å². The zero-order chi connectivity index (χ0) is 24.4. The highest BCUT2D eigenvalue weighted by Crippen LogP contribution is 2.44. The lowest BCUT2D eigenvalue weighted by molar-refractivity contribution is -0.142. The summed E-state index contributed by atoms with van der Waals surface area (Å²) in [5.41, 5.74) is 4.36. The van der Waals surface area contributed by atoms with Crippen molar-refractivity contribution in [2.75, 3.05) is 19.7 Å². The Hall–Kier alpha value is -4.14. The maximum atomic E-state index is 13.1. The standard InChI is InChI=1S/C26H26N4O5/c31-23(32)13-22(25(33)30-12-9-16(14-30)24-27-10-11-28-24)29-26(34)35-15-21-19-7-3-1-5-17(19)18-6-2-4-8-20(18)21/h1-8,10-11,16,21-22H,9,12-15H2,(H,27,28)(H,29,34)(H,31,32). The number of carboxylic acid groups (broad SMARTS) is 1. The second kappa shape index (κ2) is 9.61. The molecule has 0 bridgehead atoms. The van der Waals surface area contributed by atoms with Crippen LogP contribution in [0.5, 0.6) is 0 Å². The van der Waals surface area contributed by atoms with Gasteiger partial charge in [-0.05, 0) is 28.7 Å². The first-order chi connectivity index (χ1) is 17.0. The Morgan fingerprint density at radius 2 is 1.80 bits per heavy atom. The summed E-state index contributed by atoms with van der Waals surface area (Å²) in [6.45, 7) is 0.958. The van der Waals surface area contributed by atoms with E-state index in [1.165, 1.54) is 0 Å². The number of benzene rings is 2. The summed E-state index contributed by atoms with van der Waals surface area (Å²) in [7, 11) is 0. The predicted molar refractivity (Wildman–Crippen MR) is 127 cm³/mol. The van der Waals surface area contributed by atoms with Crippen LogP contribution in [0.3, 0.4) is 0 Å². The van der Waals surface area contributed by atoms with E-state index in [1.807, 2.05) is 48.5 Å². The van der Waals surface area contributed by atoms with Crippen molar-refractivity contribution in [2.24, 2.45) is 0 Å². The van der Waals surface area contributed by atoms with Crippen LogP contribution < -0.4 is 5.32 Å². The Morgan fingerprint density at radius 3 is 2.43 bits per heavy atom. The summed E-state index contributed by atoms with van der Waals surface area (Å²) in [6.07, 6.45) is 2.76. The molecule has 1 aromatic heterocycles. The van der Waals surface area contributed by atoms with E-state index >= 15 is 0 Å². The molecule has 9 nitrogen and oxygen atoms in total. The van der Waals surface area contributed by atoms with Crippen LogP contribution in [0.4, 0.5) is 4.79 Å². The highest BCUT2D eigenvalue weighted by molar-refractivity contribution is 5.89. The number of hydrogen-bond acceptors (Lipinski definition) is 5. The molecule has 0 radical (unpaired) electrons. The quantitative estimate of drug-likeness (QED) is 0.483. The monoisotopic (exact) mass is 474 g/mol. The van der Waals surface area contributed by atoms with E-state index < -0.39 is 30.4 Å². The number of aromatic nitrogens is 2. The number of ether oxygens (including phenoxy) is 1. The van der Waals surface area contributed by atoms with Gasteiger partial charge in [-0.1, -0.05) is 48.5 Å². The first kappa shape index (κ1) is 22.6. The van der Waals surface area contributed by atoms with Gasteiger partial charge in [0, 0.05) is 37.3 Å². The molecule has 2 unspecified atom stereocenters. The van der Waals surface area contributed by atoms with Crippen molar-refractivity contribution in [1.82, 2.24) is 20.2 Å². The summed E-state index contributed by atoms with van der Waals surface area (Å²) >= 11 is 0. The molecule has 5 rings (SSSR count). The normalized spacial score (nSPS) is 17.5. The molecule has 0 saturated carbocycles. The number of aromatic amines is 1. The molecule has 2 aromatic carbocycles. The Kier molecular flexibility index (Phi) is 6.22. The fourth-order valence-electron chi connectivity index (χ4n) is 5.06. The average Bonchev–Trinajstić information content (AvgIpc) is 3.61. The van der Waals surface area contributed by atoms with Crippen LogP contribution in [0, 0.1) is 0 Å². The maximum Gasteiger partial charge on any atom is 0.407 e. The van der Waals surface area contributed by atoms with Gasteiger partial charge >= 0.3 is 12.1 Å². The van der Waals surface area contributed by atoms with E-state index in [0.29, 0.717) is 19.5 Å². The minimum atomic E-state index is -1.21. The first-order valence-electron chi connectivity index (χ1n) is 11.6. The Morgan fingerprint density at radius 1 is 1.11 bits per heavy atom. The first-order valence-corrected chi connectivity index (χ1v) is 11.6. The molecule has 1 aliphatic carbocycles. The molecule has 9 heteroatoms. The van der Waals surface area contributed by atoms with Gasteiger partial charge in [-0.25, -0.2) is 9.78 Å². The van der Waals surface area contributed by atoms with Gasteiger partial charge in [0.2, 0.25) is 5.91 Å². The number of amides is 2. The molecule has 1 aliphatic heterocycles. The van der Waals surface area contributed by atoms with Crippen molar-refractivity contribution in [1.29, 1.82) is 0 Å². The maximum absolute atomic E-state index is 13.1. The molecule has 2 heterocycles. The number of hydrogen-bond donors (Lipinski definition) is 3. The number of imidazole rings is 1. The fraction of sp³-hybridized carbons (Fsp3) is 0.308. The molecular weight excluding hydrogens is 448 g/mol. The van der Waals surface area contributed by atoms with Crippen LogP contribution in [0.2, 0.25) is 0 Å². The van der Waals surface area contributed by atoms with Crippen LogP contribution in [0.15, 0.2) is 60.9 Å². The molecule has 2 amide bonds. The number of nitrogens with one attached hydrogen (secondary N) is 2. The molecule has 1 fully saturated rings. The van der Waals surface area contributed by atoms with Gasteiger partial charge in [0.25, 0.3) is 0 Å². The number of carboxylic acids is 1. The number of H-pyrrole nitrogens is 1. The summed E-state index contributed by atoms with van der Waals surface area (Å²) in [5, 5.41) is 11.8. The van der Waals surface area contributed by atoms with Crippen molar-refractivity contribution in [3.8, 4) is 11.1 Å². The number of alkyl carbamates (subject to hydrolysis) is 1. The van der Waals surface area contributed by atoms with E-state index in [4.69, 9.17) is 4.74 Å². The summed E-state index contributed by atoms with van der Waals surface area (Å²) in [6, 6.07) is 14.8. The second-order valence-corrected chi connectivity index (χ2v) is 8.86. The average molecular weight is 475 g/mol. The highest BCUT2D eigenvalue weighted by atomic mass is 16.5. The SMILES string of the molecule is O=C(O)CC(NC(=O)OCC1c2ccccc2-c2ccccc21)C(=O)N1CCC(c2ncc[nH]2)C1.